The molecule has 0 aliphatic rings. The molecule has 0 aliphatic heterocycles. The number of aryl methyl sites for hydroxylation is 2. The summed E-state index contributed by atoms with van der Waals surface area (Å²) in [6.07, 6.45) is -5.01. The second-order valence-corrected chi connectivity index (χ2v) is 6.68. The minimum Gasteiger partial charge on any atom is -0.482 e. The van der Waals surface area contributed by atoms with Crippen LogP contribution in [0.4, 0.5) is 13.2 Å². The van der Waals surface area contributed by atoms with Gasteiger partial charge in [0.2, 0.25) is 11.2 Å². The standard InChI is InChI=1S/C21H17F3O6/c1-10-4-5-11(2)18(12(10)3)30-19-17(27)14-7-6-13(28-9-16(25)26)8-15(14)29-20(19)21(22,23)24/h4-8H,9H2,1-3H3,(H,25,26). The number of rotatable bonds is 5. The summed E-state index contributed by atoms with van der Waals surface area (Å²) in [7, 11) is 0. The van der Waals surface area contributed by atoms with Crippen molar-refractivity contribution in [2.45, 2.75) is 26.9 Å². The van der Waals surface area contributed by atoms with E-state index in [4.69, 9.17) is 19.0 Å². The molecule has 0 fully saturated rings. The first kappa shape index (κ1) is 21.2. The van der Waals surface area contributed by atoms with Gasteiger partial charge in [-0.15, -0.1) is 0 Å². The van der Waals surface area contributed by atoms with Crippen LogP contribution in [-0.2, 0) is 11.0 Å². The second-order valence-electron chi connectivity index (χ2n) is 6.68. The third-order valence-corrected chi connectivity index (χ3v) is 4.52. The molecular formula is C21H17F3O6. The zero-order valence-electron chi connectivity index (χ0n) is 16.2. The van der Waals surface area contributed by atoms with Crippen molar-refractivity contribution in [1.82, 2.24) is 0 Å². The van der Waals surface area contributed by atoms with Crippen LogP contribution in [0.3, 0.4) is 0 Å². The fourth-order valence-corrected chi connectivity index (χ4v) is 2.86. The van der Waals surface area contributed by atoms with Crippen molar-refractivity contribution in [1.29, 1.82) is 0 Å². The molecule has 0 saturated heterocycles. The first-order valence-electron chi connectivity index (χ1n) is 8.76. The molecule has 0 unspecified atom stereocenters. The zero-order valence-corrected chi connectivity index (χ0v) is 16.2. The van der Waals surface area contributed by atoms with Gasteiger partial charge in [-0.3, -0.25) is 4.79 Å². The average Bonchev–Trinajstić information content (AvgIpc) is 2.67. The Labute approximate surface area is 168 Å². The maximum Gasteiger partial charge on any atom is 0.453 e. The normalized spacial score (nSPS) is 11.5. The summed E-state index contributed by atoms with van der Waals surface area (Å²) >= 11 is 0. The zero-order chi connectivity index (χ0) is 22.2. The van der Waals surface area contributed by atoms with E-state index in [9.17, 15) is 22.8 Å². The van der Waals surface area contributed by atoms with Gasteiger partial charge in [0.05, 0.1) is 5.39 Å². The van der Waals surface area contributed by atoms with Crippen molar-refractivity contribution in [2.75, 3.05) is 6.61 Å². The second kappa shape index (κ2) is 7.74. The van der Waals surface area contributed by atoms with Crippen LogP contribution in [0.1, 0.15) is 22.5 Å². The lowest BCUT2D eigenvalue weighted by atomic mass is 10.1. The number of halogens is 3. The predicted octanol–water partition coefficient (Wildman–Crippen LogP) is 4.99. The lowest BCUT2D eigenvalue weighted by Gasteiger charge is -2.17. The summed E-state index contributed by atoms with van der Waals surface area (Å²) in [5, 5.41) is 8.50. The predicted molar refractivity (Wildman–Crippen MR) is 101 cm³/mol. The van der Waals surface area contributed by atoms with Crippen molar-refractivity contribution in [3.05, 3.63) is 63.0 Å². The number of hydrogen-bond donors (Lipinski definition) is 1. The number of hydrogen-bond acceptors (Lipinski definition) is 5. The highest BCUT2D eigenvalue weighted by Gasteiger charge is 2.40. The first-order valence-corrected chi connectivity index (χ1v) is 8.76. The Kier molecular flexibility index (Phi) is 5.47. The Morgan fingerprint density at radius 2 is 1.73 bits per heavy atom. The van der Waals surface area contributed by atoms with Crippen LogP contribution in [0.5, 0.6) is 17.2 Å². The Hall–Kier alpha value is -3.49. The van der Waals surface area contributed by atoms with E-state index in [0.717, 1.165) is 11.6 Å². The van der Waals surface area contributed by atoms with Crippen LogP contribution in [0.2, 0.25) is 0 Å². The van der Waals surface area contributed by atoms with Gasteiger partial charge >= 0.3 is 12.1 Å². The SMILES string of the molecule is Cc1ccc(C)c(Oc2c(C(F)(F)F)oc3cc(OCC(=O)O)ccc3c2=O)c1C. The van der Waals surface area contributed by atoms with Gasteiger partial charge in [-0.25, -0.2) is 4.79 Å². The minimum atomic E-state index is -5.01. The van der Waals surface area contributed by atoms with E-state index >= 15 is 0 Å². The largest absolute Gasteiger partial charge is 0.482 e. The number of carboxylic acids is 1. The van der Waals surface area contributed by atoms with Gasteiger partial charge in [0.1, 0.15) is 17.1 Å². The van der Waals surface area contributed by atoms with E-state index in [2.05, 4.69) is 0 Å². The van der Waals surface area contributed by atoms with Crippen LogP contribution >= 0.6 is 0 Å². The number of ether oxygens (including phenoxy) is 2. The fraction of sp³-hybridized carbons (Fsp3) is 0.238. The summed E-state index contributed by atoms with van der Waals surface area (Å²) < 4.78 is 56.4. The van der Waals surface area contributed by atoms with E-state index < -0.39 is 41.3 Å². The molecule has 0 bridgehead atoms. The van der Waals surface area contributed by atoms with E-state index in [1.165, 1.54) is 12.1 Å². The molecule has 0 aliphatic carbocycles. The number of carboxylic acid groups (broad SMARTS) is 1. The first-order chi connectivity index (χ1) is 14.0. The highest BCUT2D eigenvalue weighted by Crippen LogP contribution is 2.40. The van der Waals surface area contributed by atoms with Gasteiger partial charge in [0.15, 0.2) is 6.61 Å². The molecule has 158 valence electrons. The van der Waals surface area contributed by atoms with E-state index in [-0.39, 0.29) is 16.9 Å². The average molecular weight is 422 g/mol. The summed E-state index contributed by atoms with van der Waals surface area (Å²) in [6.45, 7) is 4.41. The van der Waals surface area contributed by atoms with Gasteiger partial charge < -0.3 is 19.0 Å². The Morgan fingerprint density at radius 1 is 1.07 bits per heavy atom. The van der Waals surface area contributed by atoms with Crippen LogP contribution < -0.4 is 14.9 Å². The summed E-state index contributed by atoms with van der Waals surface area (Å²) in [4.78, 5) is 23.5. The third kappa shape index (κ3) is 4.10. The number of carbonyl (C=O) groups is 1. The maximum absolute atomic E-state index is 13.7. The quantitative estimate of drug-likeness (QED) is 0.623. The molecule has 2 aromatic carbocycles. The van der Waals surface area contributed by atoms with Crippen LogP contribution in [0, 0.1) is 20.8 Å². The topological polar surface area (TPSA) is 86.0 Å². The minimum absolute atomic E-state index is 0.0554. The molecule has 0 atom stereocenters. The highest BCUT2D eigenvalue weighted by molar-refractivity contribution is 5.80. The smallest absolute Gasteiger partial charge is 0.453 e. The highest BCUT2D eigenvalue weighted by atomic mass is 19.4. The van der Waals surface area contributed by atoms with Crippen molar-refractivity contribution >= 4 is 16.9 Å². The lowest BCUT2D eigenvalue weighted by molar-refractivity contribution is -0.154. The molecule has 3 aromatic rings. The third-order valence-electron chi connectivity index (χ3n) is 4.52. The summed E-state index contributed by atoms with van der Waals surface area (Å²) in [5.74, 6) is -3.73. The lowest BCUT2D eigenvalue weighted by Crippen LogP contribution is -2.16. The van der Waals surface area contributed by atoms with Crippen LogP contribution in [-0.4, -0.2) is 17.7 Å². The van der Waals surface area contributed by atoms with Gasteiger partial charge in [-0.05, 0) is 49.6 Å². The Bertz CT molecular complexity index is 1190. The van der Waals surface area contributed by atoms with Crippen molar-refractivity contribution in [3.63, 3.8) is 0 Å². The molecule has 0 spiro atoms. The molecule has 9 heteroatoms. The molecule has 30 heavy (non-hydrogen) atoms. The molecule has 1 N–H and O–H groups in total. The number of benzene rings is 2. The molecule has 6 nitrogen and oxygen atoms in total. The van der Waals surface area contributed by atoms with E-state index in [0.29, 0.717) is 11.1 Å². The van der Waals surface area contributed by atoms with Gasteiger partial charge in [-0.2, -0.15) is 13.2 Å². The number of fused-ring (bicyclic) bond motifs is 1. The molecular weight excluding hydrogens is 405 g/mol. The number of alkyl halides is 3. The Balaban J connectivity index is 2.20. The molecule has 0 radical (unpaired) electrons. The Morgan fingerprint density at radius 3 is 2.37 bits per heavy atom. The van der Waals surface area contributed by atoms with Crippen molar-refractivity contribution in [2.24, 2.45) is 0 Å². The summed E-state index contributed by atoms with van der Waals surface area (Å²) in [6, 6.07) is 6.97. The van der Waals surface area contributed by atoms with Crippen molar-refractivity contribution < 1.29 is 37.0 Å². The summed E-state index contributed by atoms with van der Waals surface area (Å²) in [5.41, 5.74) is 0.534. The van der Waals surface area contributed by atoms with E-state index in [1.54, 1.807) is 32.9 Å². The van der Waals surface area contributed by atoms with Crippen LogP contribution in [0.15, 0.2) is 39.5 Å². The molecule has 0 amide bonds. The maximum atomic E-state index is 13.7. The molecule has 1 aromatic heterocycles. The van der Waals surface area contributed by atoms with Crippen LogP contribution in [0.25, 0.3) is 11.0 Å². The monoisotopic (exact) mass is 422 g/mol. The van der Waals surface area contributed by atoms with E-state index in [1.807, 2.05) is 0 Å². The van der Waals surface area contributed by atoms with Gasteiger partial charge in [0.25, 0.3) is 5.76 Å². The van der Waals surface area contributed by atoms with Gasteiger partial charge in [0, 0.05) is 6.07 Å². The van der Waals surface area contributed by atoms with Crippen molar-refractivity contribution in [3.8, 4) is 17.2 Å². The number of aliphatic carboxylic acids is 1. The molecule has 3 rings (SSSR count). The van der Waals surface area contributed by atoms with Gasteiger partial charge in [-0.1, -0.05) is 12.1 Å². The molecule has 0 saturated carbocycles. The fourth-order valence-electron chi connectivity index (χ4n) is 2.86. The molecule has 1 heterocycles.